The van der Waals surface area contributed by atoms with Gasteiger partial charge < -0.3 is 14.9 Å². The van der Waals surface area contributed by atoms with Crippen molar-refractivity contribution in [3.8, 4) is 0 Å². The second kappa shape index (κ2) is 5.48. The van der Waals surface area contributed by atoms with Crippen molar-refractivity contribution in [2.24, 2.45) is 0 Å². The Hall–Kier alpha value is -0.120. The molecular weight excluding hydrogens is 204 g/mol. The third-order valence-electron chi connectivity index (χ3n) is 3.91. The van der Waals surface area contributed by atoms with Gasteiger partial charge in [0.1, 0.15) is 0 Å². The number of aliphatic hydroxyl groups excluding tert-OH is 1. The van der Waals surface area contributed by atoms with E-state index in [9.17, 15) is 10.2 Å². The first kappa shape index (κ1) is 13.9. The summed E-state index contributed by atoms with van der Waals surface area (Å²) < 4.78 is 5.32. The number of rotatable bonds is 5. The van der Waals surface area contributed by atoms with Crippen molar-refractivity contribution in [2.75, 3.05) is 7.11 Å². The number of ether oxygens (including phenoxy) is 1. The standard InChI is InChI=1S/C13H26O3/c1-12(2,16-3)10-7-11(14)13(15)8-5-4-6-9-13/h11,14-15H,4-10H2,1-3H3. The Labute approximate surface area is 98.8 Å². The fraction of sp³-hybridized carbons (Fsp3) is 1.00. The summed E-state index contributed by atoms with van der Waals surface area (Å²) in [4.78, 5) is 0. The summed E-state index contributed by atoms with van der Waals surface area (Å²) in [6.45, 7) is 4.01. The molecule has 1 saturated carbocycles. The third kappa shape index (κ3) is 3.72. The van der Waals surface area contributed by atoms with E-state index in [0.717, 1.165) is 32.1 Å². The van der Waals surface area contributed by atoms with Crippen LogP contribution in [0.4, 0.5) is 0 Å². The van der Waals surface area contributed by atoms with Gasteiger partial charge in [-0.25, -0.2) is 0 Å². The van der Waals surface area contributed by atoms with Gasteiger partial charge in [0.05, 0.1) is 17.3 Å². The van der Waals surface area contributed by atoms with Gasteiger partial charge >= 0.3 is 0 Å². The number of hydrogen-bond donors (Lipinski definition) is 2. The Morgan fingerprint density at radius 2 is 1.81 bits per heavy atom. The fourth-order valence-electron chi connectivity index (χ4n) is 2.35. The average Bonchev–Trinajstić information content (AvgIpc) is 2.27. The summed E-state index contributed by atoms with van der Waals surface area (Å²) in [5.41, 5.74) is -1.06. The highest BCUT2D eigenvalue weighted by Gasteiger charge is 2.37. The van der Waals surface area contributed by atoms with Crippen molar-refractivity contribution in [1.29, 1.82) is 0 Å². The summed E-state index contributed by atoms with van der Waals surface area (Å²) in [5, 5.41) is 20.4. The molecule has 16 heavy (non-hydrogen) atoms. The predicted octanol–water partition coefficient (Wildman–Crippen LogP) is 2.25. The van der Waals surface area contributed by atoms with Gasteiger partial charge in [-0.05, 0) is 39.5 Å². The summed E-state index contributed by atoms with van der Waals surface area (Å²) in [7, 11) is 1.68. The Kier molecular flexibility index (Phi) is 4.77. The number of aliphatic hydroxyl groups is 2. The van der Waals surface area contributed by atoms with Gasteiger partial charge in [0.25, 0.3) is 0 Å². The lowest BCUT2D eigenvalue weighted by Crippen LogP contribution is -2.44. The first-order valence-electron chi connectivity index (χ1n) is 6.35. The SMILES string of the molecule is COC(C)(C)CCC(O)C1(O)CCCCC1. The minimum atomic E-state index is -0.845. The molecule has 0 aliphatic heterocycles. The van der Waals surface area contributed by atoms with Gasteiger partial charge in [-0.2, -0.15) is 0 Å². The Balaban J connectivity index is 2.41. The fourth-order valence-corrected chi connectivity index (χ4v) is 2.35. The van der Waals surface area contributed by atoms with Crippen LogP contribution < -0.4 is 0 Å². The van der Waals surface area contributed by atoms with Crippen LogP contribution in [0.15, 0.2) is 0 Å². The van der Waals surface area contributed by atoms with Crippen LogP contribution in [0, 0.1) is 0 Å². The van der Waals surface area contributed by atoms with Gasteiger partial charge in [0.2, 0.25) is 0 Å². The van der Waals surface area contributed by atoms with E-state index in [2.05, 4.69) is 0 Å². The molecule has 0 aromatic heterocycles. The lowest BCUT2D eigenvalue weighted by Gasteiger charge is -2.37. The Morgan fingerprint density at radius 3 is 2.31 bits per heavy atom. The van der Waals surface area contributed by atoms with Crippen molar-refractivity contribution in [1.82, 2.24) is 0 Å². The lowest BCUT2D eigenvalue weighted by molar-refractivity contribution is -0.107. The minimum Gasteiger partial charge on any atom is -0.390 e. The first-order valence-corrected chi connectivity index (χ1v) is 6.35. The average molecular weight is 230 g/mol. The van der Waals surface area contributed by atoms with Crippen molar-refractivity contribution in [3.63, 3.8) is 0 Å². The van der Waals surface area contributed by atoms with Crippen LogP contribution in [0.25, 0.3) is 0 Å². The molecule has 1 unspecified atom stereocenters. The molecule has 0 aromatic carbocycles. The Bertz CT molecular complexity index is 207. The van der Waals surface area contributed by atoms with E-state index < -0.39 is 11.7 Å². The van der Waals surface area contributed by atoms with E-state index in [1.165, 1.54) is 6.42 Å². The molecule has 3 heteroatoms. The van der Waals surface area contributed by atoms with Crippen LogP contribution >= 0.6 is 0 Å². The molecule has 1 aliphatic carbocycles. The maximum absolute atomic E-state index is 10.3. The molecule has 3 nitrogen and oxygen atoms in total. The number of hydrogen-bond acceptors (Lipinski definition) is 3. The maximum atomic E-state index is 10.3. The molecule has 1 atom stereocenters. The predicted molar refractivity (Wildman–Crippen MR) is 64.4 cm³/mol. The van der Waals surface area contributed by atoms with Gasteiger partial charge in [0.15, 0.2) is 0 Å². The molecular formula is C13H26O3. The zero-order chi connectivity index (χ0) is 12.2. The lowest BCUT2D eigenvalue weighted by atomic mass is 9.78. The van der Waals surface area contributed by atoms with Gasteiger partial charge in [0, 0.05) is 7.11 Å². The molecule has 0 amide bonds. The molecule has 0 saturated heterocycles. The van der Waals surface area contributed by atoms with Crippen LogP contribution in [0.2, 0.25) is 0 Å². The summed E-state index contributed by atoms with van der Waals surface area (Å²) >= 11 is 0. The van der Waals surface area contributed by atoms with E-state index in [0.29, 0.717) is 6.42 Å². The molecule has 96 valence electrons. The minimum absolute atomic E-state index is 0.216. The molecule has 2 N–H and O–H groups in total. The molecule has 0 heterocycles. The molecule has 0 bridgehead atoms. The largest absolute Gasteiger partial charge is 0.390 e. The van der Waals surface area contributed by atoms with Crippen LogP contribution in [-0.4, -0.2) is 34.6 Å². The second-order valence-electron chi connectivity index (χ2n) is 5.68. The van der Waals surface area contributed by atoms with E-state index in [1.807, 2.05) is 13.8 Å². The van der Waals surface area contributed by atoms with Gasteiger partial charge in [-0.3, -0.25) is 0 Å². The third-order valence-corrected chi connectivity index (χ3v) is 3.91. The monoisotopic (exact) mass is 230 g/mol. The summed E-state index contributed by atoms with van der Waals surface area (Å²) in [5.74, 6) is 0. The summed E-state index contributed by atoms with van der Waals surface area (Å²) in [6, 6.07) is 0. The van der Waals surface area contributed by atoms with Gasteiger partial charge in [-0.15, -0.1) is 0 Å². The second-order valence-corrected chi connectivity index (χ2v) is 5.68. The molecule has 1 fully saturated rings. The molecule has 0 spiro atoms. The highest BCUT2D eigenvalue weighted by Crippen LogP contribution is 2.33. The zero-order valence-electron chi connectivity index (χ0n) is 10.8. The van der Waals surface area contributed by atoms with E-state index in [1.54, 1.807) is 7.11 Å². The number of methoxy groups -OCH3 is 1. The van der Waals surface area contributed by atoms with E-state index in [4.69, 9.17) is 4.74 Å². The smallest absolute Gasteiger partial charge is 0.0905 e. The van der Waals surface area contributed by atoms with Crippen molar-refractivity contribution in [3.05, 3.63) is 0 Å². The highest BCUT2D eigenvalue weighted by atomic mass is 16.5. The molecule has 1 rings (SSSR count). The molecule has 0 aromatic rings. The van der Waals surface area contributed by atoms with Crippen molar-refractivity contribution < 1.29 is 14.9 Å². The molecule has 0 radical (unpaired) electrons. The zero-order valence-corrected chi connectivity index (χ0v) is 10.8. The normalized spacial score (nSPS) is 23.1. The van der Waals surface area contributed by atoms with Gasteiger partial charge in [-0.1, -0.05) is 19.3 Å². The van der Waals surface area contributed by atoms with E-state index in [-0.39, 0.29) is 5.60 Å². The van der Waals surface area contributed by atoms with E-state index >= 15 is 0 Å². The Morgan fingerprint density at radius 1 is 1.25 bits per heavy atom. The maximum Gasteiger partial charge on any atom is 0.0905 e. The molecule has 1 aliphatic rings. The van der Waals surface area contributed by atoms with Crippen LogP contribution in [0.5, 0.6) is 0 Å². The highest BCUT2D eigenvalue weighted by molar-refractivity contribution is 4.90. The topological polar surface area (TPSA) is 49.7 Å². The van der Waals surface area contributed by atoms with Crippen molar-refractivity contribution in [2.45, 2.75) is 76.1 Å². The van der Waals surface area contributed by atoms with Crippen molar-refractivity contribution >= 4 is 0 Å². The first-order chi connectivity index (χ1) is 7.40. The van der Waals surface area contributed by atoms with Crippen LogP contribution in [0.3, 0.4) is 0 Å². The summed E-state index contributed by atoms with van der Waals surface area (Å²) in [6.07, 6.45) is 5.48. The van der Waals surface area contributed by atoms with Crippen LogP contribution in [0.1, 0.15) is 58.8 Å². The van der Waals surface area contributed by atoms with Crippen LogP contribution in [-0.2, 0) is 4.74 Å². The quantitative estimate of drug-likeness (QED) is 0.761.